The van der Waals surface area contributed by atoms with Crippen molar-refractivity contribution in [2.75, 3.05) is 12.4 Å². The molecule has 0 saturated carbocycles. The first-order valence-corrected chi connectivity index (χ1v) is 6.68. The summed E-state index contributed by atoms with van der Waals surface area (Å²) in [6.07, 6.45) is 3.27. The number of hydrogen-bond donors (Lipinski definition) is 2. The fourth-order valence-electron chi connectivity index (χ4n) is 1.87. The van der Waals surface area contributed by atoms with E-state index in [2.05, 4.69) is 15.6 Å². The van der Waals surface area contributed by atoms with Gasteiger partial charge in [0, 0.05) is 6.20 Å². The van der Waals surface area contributed by atoms with E-state index in [-0.39, 0.29) is 11.0 Å². The van der Waals surface area contributed by atoms with Gasteiger partial charge in [-0.25, -0.2) is 0 Å². The van der Waals surface area contributed by atoms with E-state index in [0.717, 1.165) is 5.56 Å². The predicted octanol–water partition coefficient (Wildman–Crippen LogP) is 2.53. The van der Waals surface area contributed by atoms with Crippen molar-refractivity contribution in [1.82, 2.24) is 10.3 Å². The first kappa shape index (κ1) is 14.9. The number of carbonyl (C=O) groups is 1. The monoisotopic (exact) mass is 301 g/mol. The van der Waals surface area contributed by atoms with E-state index >= 15 is 0 Å². The van der Waals surface area contributed by atoms with Gasteiger partial charge in [0.2, 0.25) is 0 Å². The van der Waals surface area contributed by atoms with Crippen LogP contribution in [0.2, 0.25) is 0 Å². The number of amides is 1. The summed E-state index contributed by atoms with van der Waals surface area (Å²) in [4.78, 5) is 16.2. The smallest absolute Gasteiger partial charge is 0.261 e. The molecule has 0 atom stereocenters. The molecular weight excluding hydrogens is 286 g/mol. The molecule has 0 fully saturated rings. The van der Waals surface area contributed by atoms with Gasteiger partial charge in [-0.15, -0.1) is 0 Å². The lowest BCUT2D eigenvalue weighted by molar-refractivity contribution is 0.0974. The normalized spacial score (nSPS) is 9.81. The summed E-state index contributed by atoms with van der Waals surface area (Å²) in [5, 5.41) is 5.72. The van der Waals surface area contributed by atoms with Crippen molar-refractivity contribution in [3.05, 3.63) is 53.9 Å². The van der Waals surface area contributed by atoms with Gasteiger partial charge in [0.25, 0.3) is 5.91 Å². The van der Waals surface area contributed by atoms with Crippen LogP contribution in [0.4, 0.5) is 5.69 Å². The minimum absolute atomic E-state index is 0.205. The van der Waals surface area contributed by atoms with E-state index in [1.54, 1.807) is 36.7 Å². The number of hydrogen-bond acceptors (Lipinski definition) is 4. The molecule has 2 rings (SSSR count). The molecule has 5 nitrogen and oxygen atoms in total. The van der Waals surface area contributed by atoms with E-state index < -0.39 is 0 Å². The van der Waals surface area contributed by atoms with Crippen LogP contribution in [0.1, 0.15) is 15.9 Å². The van der Waals surface area contributed by atoms with Gasteiger partial charge in [-0.3, -0.25) is 15.1 Å². The summed E-state index contributed by atoms with van der Waals surface area (Å²) in [6.45, 7) is 1.88. The van der Waals surface area contributed by atoms with Crippen LogP contribution in [0, 0.1) is 6.92 Å². The Morgan fingerprint density at radius 3 is 2.76 bits per heavy atom. The highest BCUT2D eigenvalue weighted by atomic mass is 32.1. The van der Waals surface area contributed by atoms with Crippen LogP contribution in [0.25, 0.3) is 0 Å². The van der Waals surface area contributed by atoms with Crippen molar-refractivity contribution in [3.8, 4) is 5.75 Å². The van der Waals surface area contributed by atoms with Gasteiger partial charge >= 0.3 is 0 Å². The number of anilines is 1. The fourth-order valence-corrected chi connectivity index (χ4v) is 2.08. The maximum absolute atomic E-state index is 12.2. The molecule has 0 unspecified atom stereocenters. The Morgan fingerprint density at radius 2 is 2.10 bits per heavy atom. The van der Waals surface area contributed by atoms with Crippen LogP contribution < -0.4 is 15.4 Å². The second-order valence-electron chi connectivity index (χ2n) is 4.31. The third-order valence-electron chi connectivity index (χ3n) is 2.81. The Labute approximate surface area is 128 Å². The zero-order chi connectivity index (χ0) is 15.2. The molecule has 1 heterocycles. The standard InChI is InChI=1S/C15H15N3O2S/c1-10-5-3-7-12(13(10)20-2)14(19)18-15(21)17-11-6-4-8-16-9-11/h3-9H,1-2H3,(H2,17,18,19,21). The van der Waals surface area contributed by atoms with Crippen molar-refractivity contribution in [3.63, 3.8) is 0 Å². The second-order valence-corrected chi connectivity index (χ2v) is 4.71. The van der Waals surface area contributed by atoms with Gasteiger partial charge in [0.15, 0.2) is 5.11 Å². The zero-order valence-corrected chi connectivity index (χ0v) is 12.5. The molecular formula is C15H15N3O2S. The lowest BCUT2D eigenvalue weighted by Crippen LogP contribution is -2.34. The molecule has 0 bridgehead atoms. The molecule has 6 heteroatoms. The average Bonchev–Trinajstić information content (AvgIpc) is 2.47. The summed E-state index contributed by atoms with van der Waals surface area (Å²) in [6, 6.07) is 8.94. The Balaban J connectivity index is 2.08. The highest BCUT2D eigenvalue weighted by Gasteiger charge is 2.14. The largest absolute Gasteiger partial charge is 0.496 e. The molecule has 0 aliphatic carbocycles. The Bertz CT molecular complexity index is 659. The van der Waals surface area contributed by atoms with Crippen LogP contribution in [-0.2, 0) is 0 Å². The second kappa shape index (κ2) is 6.81. The summed E-state index contributed by atoms with van der Waals surface area (Å²) >= 11 is 5.11. The van der Waals surface area contributed by atoms with E-state index in [1.807, 2.05) is 13.0 Å². The number of rotatable bonds is 3. The molecule has 21 heavy (non-hydrogen) atoms. The number of aromatic nitrogens is 1. The number of para-hydroxylation sites is 1. The molecule has 0 aliphatic rings. The topological polar surface area (TPSA) is 63.2 Å². The van der Waals surface area contributed by atoms with Crippen LogP contribution in [0.15, 0.2) is 42.7 Å². The SMILES string of the molecule is COc1c(C)cccc1C(=O)NC(=S)Nc1cccnc1. The van der Waals surface area contributed by atoms with E-state index in [4.69, 9.17) is 17.0 Å². The first-order valence-electron chi connectivity index (χ1n) is 6.28. The molecule has 0 saturated heterocycles. The van der Waals surface area contributed by atoms with Crippen molar-refractivity contribution >= 4 is 28.9 Å². The maximum Gasteiger partial charge on any atom is 0.261 e. The van der Waals surface area contributed by atoms with Crippen LogP contribution in [0.5, 0.6) is 5.75 Å². The summed E-state index contributed by atoms with van der Waals surface area (Å²) < 4.78 is 5.26. The average molecular weight is 301 g/mol. The maximum atomic E-state index is 12.2. The van der Waals surface area contributed by atoms with Crippen LogP contribution >= 0.6 is 12.2 Å². The first-order chi connectivity index (χ1) is 10.1. The highest BCUT2D eigenvalue weighted by molar-refractivity contribution is 7.80. The van der Waals surface area contributed by atoms with Gasteiger partial charge in [-0.05, 0) is 42.9 Å². The summed E-state index contributed by atoms with van der Waals surface area (Å²) in [5.41, 5.74) is 2.03. The molecule has 0 spiro atoms. The molecule has 2 N–H and O–H groups in total. The fraction of sp³-hybridized carbons (Fsp3) is 0.133. The number of nitrogens with one attached hydrogen (secondary N) is 2. The minimum atomic E-state index is -0.322. The van der Waals surface area contributed by atoms with Gasteiger partial charge in [0.05, 0.1) is 24.6 Å². The van der Waals surface area contributed by atoms with Crippen molar-refractivity contribution in [2.45, 2.75) is 6.92 Å². The third kappa shape index (κ3) is 3.76. The van der Waals surface area contributed by atoms with E-state index in [0.29, 0.717) is 17.0 Å². The van der Waals surface area contributed by atoms with Crippen molar-refractivity contribution in [1.29, 1.82) is 0 Å². The molecule has 0 aliphatic heterocycles. The number of methoxy groups -OCH3 is 1. The number of ether oxygens (including phenoxy) is 1. The summed E-state index contributed by atoms with van der Waals surface area (Å²) in [5.74, 6) is 0.219. The number of pyridine rings is 1. The molecule has 2 aromatic rings. The number of carbonyl (C=O) groups excluding carboxylic acids is 1. The lowest BCUT2D eigenvalue weighted by atomic mass is 10.1. The summed E-state index contributed by atoms with van der Waals surface area (Å²) in [7, 11) is 1.53. The number of aryl methyl sites for hydroxylation is 1. The van der Waals surface area contributed by atoms with E-state index in [1.165, 1.54) is 7.11 Å². The minimum Gasteiger partial charge on any atom is -0.496 e. The van der Waals surface area contributed by atoms with Gasteiger partial charge < -0.3 is 10.1 Å². The quantitative estimate of drug-likeness (QED) is 0.853. The molecule has 108 valence electrons. The van der Waals surface area contributed by atoms with Crippen LogP contribution in [0.3, 0.4) is 0 Å². The number of nitrogens with zero attached hydrogens (tertiary/aromatic N) is 1. The zero-order valence-electron chi connectivity index (χ0n) is 11.7. The Morgan fingerprint density at radius 1 is 1.29 bits per heavy atom. The number of thiocarbonyl (C=S) groups is 1. The van der Waals surface area contributed by atoms with Crippen LogP contribution in [-0.4, -0.2) is 23.1 Å². The predicted molar refractivity (Wildman–Crippen MR) is 85.7 cm³/mol. The third-order valence-corrected chi connectivity index (χ3v) is 3.01. The molecule has 1 aromatic heterocycles. The van der Waals surface area contributed by atoms with E-state index in [9.17, 15) is 4.79 Å². The lowest BCUT2D eigenvalue weighted by Gasteiger charge is -2.12. The molecule has 0 radical (unpaired) electrons. The van der Waals surface area contributed by atoms with Crippen molar-refractivity contribution < 1.29 is 9.53 Å². The Hall–Kier alpha value is -2.47. The highest BCUT2D eigenvalue weighted by Crippen LogP contribution is 2.22. The molecule has 1 aromatic carbocycles. The van der Waals surface area contributed by atoms with Gasteiger partial charge in [-0.1, -0.05) is 12.1 Å². The van der Waals surface area contributed by atoms with Gasteiger partial charge in [0.1, 0.15) is 5.75 Å². The Kier molecular flexibility index (Phi) is 4.84. The molecule has 1 amide bonds. The van der Waals surface area contributed by atoms with Gasteiger partial charge in [-0.2, -0.15) is 0 Å². The van der Waals surface area contributed by atoms with Crippen molar-refractivity contribution in [2.24, 2.45) is 0 Å². The number of benzene rings is 1.